The summed E-state index contributed by atoms with van der Waals surface area (Å²) >= 11 is 5.79. The highest BCUT2D eigenvalue weighted by atomic mass is 35.5. The van der Waals surface area contributed by atoms with Crippen molar-refractivity contribution >= 4 is 28.4 Å². The van der Waals surface area contributed by atoms with Crippen molar-refractivity contribution in [3.05, 3.63) is 29.0 Å². The fourth-order valence-corrected chi connectivity index (χ4v) is 1.78. The number of ketones is 1. The molecule has 0 aliphatic heterocycles. The minimum absolute atomic E-state index is 0.0644. The number of Topliss-reactive ketones (excluding diaryl/α,β-unsaturated/α-hetero) is 1. The molecule has 0 bridgehead atoms. The lowest BCUT2D eigenvalue weighted by Gasteiger charge is -2.05. The molecular formula is C11H8ClF3N2O. The number of imidazole rings is 1. The molecule has 96 valence electrons. The molecule has 0 atom stereocenters. The summed E-state index contributed by atoms with van der Waals surface area (Å²) in [6.07, 6.45) is -5.61. The number of halogens is 4. The number of alkyl halides is 3. The smallest absolute Gasteiger partial charge is 0.331 e. The Balaban J connectivity index is 2.41. The van der Waals surface area contributed by atoms with E-state index in [0.717, 1.165) is 0 Å². The average molecular weight is 277 g/mol. The van der Waals surface area contributed by atoms with Crippen LogP contribution in [-0.4, -0.2) is 21.5 Å². The monoisotopic (exact) mass is 276 g/mol. The number of aryl methyl sites for hydroxylation is 1. The van der Waals surface area contributed by atoms with Crippen molar-refractivity contribution in [3.63, 3.8) is 0 Å². The topological polar surface area (TPSA) is 34.9 Å². The number of nitrogens with zero attached hydrogens (tertiary/aromatic N) is 2. The van der Waals surface area contributed by atoms with Gasteiger partial charge in [-0.15, -0.1) is 0 Å². The lowest BCUT2D eigenvalue weighted by Crippen LogP contribution is -2.25. The predicted octanol–water partition coefficient (Wildman–Crippen LogP) is 2.90. The minimum Gasteiger partial charge on any atom is -0.331 e. The molecule has 2 rings (SSSR count). The van der Waals surface area contributed by atoms with Crippen LogP contribution < -0.4 is 0 Å². The second-order valence-electron chi connectivity index (χ2n) is 3.82. The Labute approximate surface area is 105 Å². The molecule has 7 heteroatoms. The quantitative estimate of drug-likeness (QED) is 0.845. The third-order valence-corrected chi connectivity index (χ3v) is 2.81. The van der Waals surface area contributed by atoms with E-state index < -0.39 is 18.4 Å². The maximum absolute atomic E-state index is 12.2. The number of carbonyl (C=O) groups excluding carboxylic acids is 1. The highest BCUT2D eigenvalue weighted by Crippen LogP contribution is 2.22. The third kappa shape index (κ3) is 2.33. The van der Waals surface area contributed by atoms with Crippen LogP contribution in [0, 0.1) is 0 Å². The van der Waals surface area contributed by atoms with Gasteiger partial charge < -0.3 is 4.57 Å². The number of aromatic nitrogens is 2. The van der Waals surface area contributed by atoms with Gasteiger partial charge in [0.1, 0.15) is 5.82 Å². The van der Waals surface area contributed by atoms with E-state index in [0.29, 0.717) is 16.1 Å². The Bertz CT molecular complexity index is 619. The molecule has 0 amide bonds. The number of fused-ring (bicyclic) bond motifs is 1. The summed E-state index contributed by atoms with van der Waals surface area (Å²) in [7, 11) is 1.55. The van der Waals surface area contributed by atoms with Crippen LogP contribution in [0.3, 0.4) is 0 Å². The van der Waals surface area contributed by atoms with Gasteiger partial charge in [0.15, 0.2) is 0 Å². The molecule has 1 heterocycles. The van der Waals surface area contributed by atoms with Crippen LogP contribution in [0.4, 0.5) is 13.2 Å². The Morgan fingerprint density at radius 3 is 2.72 bits per heavy atom. The highest BCUT2D eigenvalue weighted by Gasteiger charge is 2.38. The summed E-state index contributed by atoms with van der Waals surface area (Å²) in [6.45, 7) is 0. The van der Waals surface area contributed by atoms with Crippen LogP contribution in [0.15, 0.2) is 18.2 Å². The zero-order valence-corrected chi connectivity index (χ0v) is 10.0. The van der Waals surface area contributed by atoms with Crippen LogP contribution in [0.2, 0.25) is 5.02 Å². The lowest BCUT2D eigenvalue weighted by atomic mass is 10.2. The van der Waals surface area contributed by atoms with Crippen LogP contribution in [0.1, 0.15) is 5.82 Å². The molecule has 0 aliphatic carbocycles. The molecule has 0 N–H and O–H groups in total. The van der Waals surface area contributed by atoms with E-state index in [9.17, 15) is 18.0 Å². The summed E-state index contributed by atoms with van der Waals surface area (Å²) in [4.78, 5) is 14.9. The second-order valence-corrected chi connectivity index (χ2v) is 4.25. The van der Waals surface area contributed by atoms with Crippen LogP contribution in [0.5, 0.6) is 0 Å². The van der Waals surface area contributed by atoms with E-state index in [1.54, 1.807) is 25.2 Å². The van der Waals surface area contributed by atoms with Crippen molar-refractivity contribution in [1.29, 1.82) is 0 Å². The number of rotatable bonds is 2. The first-order chi connectivity index (χ1) is 8.29. The van der Waals surface area contributed by atoms with Crippen molar-refractivity contribution < 1.29 is 18.0 Å². The molecule has 1 aromatic heterocycles. The molecule has 0 radical (unpaired) electrons. The number of hydrogen-bond acceptors (Lipinski definition) is 2. The first-order valence-electron chi connectivity index (χ1n) is 5.00. The van der Waals surface area contributed by atoms with Gasteiger partial charge in [-0.2, -0.15) is 13.2 Å². The van der Waals surface area contributed by atoms with Crippen LogP contribution in [-0.2, 0) is 18.3 Å². The normalized spacial score (nSPS) is 12.1. The van der Waals surface area contributed by atoms with Gasteiger partial charge in [-0.05, 0) is 18.2 Å². The Morgan fingerprint density at radius 1 is 1.44 bits per heavy atom. The Hall–Kier alpha value is -1.56. The van der Waals surface area contributed by atoms with Gasteiger partial charge in [0.2, 0.25) is 5.78 Å². The first kappa shape index (κ1) is 12.9. The minimum atomic E-state index is -4.84. The molecule has 0 saturated carbocycles. The van der Waals surface area contributed by atoms with E-state index in [1.807, 2.05) is 0 Å². The van der Waals surface area contributed by atoms with Crippen molar-refractivity contribution in [2.75, 3.05) is 0 Å². The molecule has 1 aromatic carbocycles. The molecule has 0 aliphatic rings. The fourth-order valence-electron chi connectivity index (χ4n) is 1.61. The molecule has 3 nitrogen and oxygen atoms in total. The summed E-state index contributed by atoms with van der Waals surface area (Å²) in [6, 6.07) is 4.77. The fraction of sp³-hybridized carbons (Fsp3) is 0.273. The Kier molecular flexibility index (Phi) is 3.06. The van der Waals surface area contributed by atoms with Crippen LogP contribution in [0.25, 0.3) is 11.0 Å². The van der Waals surface area contributed by atoms with Crippen molar-refractivity contribution in [3.8, 4) is 0 Å². The van der Waals surface area contributed by atoms with Gasteiger partial charge in [0.05, 0.1) is 17.5 Å². The number of benzene rings is 1. The van der Waals surface area contributed by atoms with Crippen LogP contribution >= 0.6 is 11.6 Å². The summed E-state index contributed by atoms with van der Waals surface area (Å²) < 4.78 is 38.0. The average Bonchev–Trinajstić information content (AvgIpc) is 2.55. The van der Waals surface area contributed by atoms with Gasteiger partial charge >= 0.3 is 6.18 Å². The van der Waals surface area contributed by atoms with Gasteiger partial charge in [-0.25, -0.2) is 4.98 Å². The van der Waals surface area contributed by atoms with E-state index in [2.05, 4.69) is 4.98 Å². The Morgan fingerprint density at radius 2 is 2.11 bits per heavy atom. The largest absolute Gasteiger partial charge is 0.450 e. The zero-order chi connectivity index (χ0) is 13.5. The number of carbonyl (C=O) groups is 1. The predicted molar refractivity (Wildman–Crippen MR) is 60.5 cm³/mol. The van der Waals surface area contributed by atoms with Gasteiger partial charge in [-0.1, -0.05) is 11.6 Å². The zero-order valence-electron chi connectivity index (χ0n) is 9.25. The maximum atomic E-state index is 12.2. The van der Waals surface area contributed by atoms with Crippen molar-refractivity contribution in [1.82, 2.24) is 9.55 Å². The highest BCUT2D eigenvalue weighted by molar-refractivity contribution is 6.31. The SMILES string of the molecule is Cn1c(CC(=O)C(F)(F)F)nc2ccc(Cl)cc21. The van der Waals surface area contributed by atoms with Gasteiger partial charge in [0, 0.05) is 12.1 Å². The van der Waals surface area contributed by atoms with E-state index in [-0.39, 0.29) is 5.82 Å². The van der Waals surface area contributed by atoms with Crippen molar-refractivity contribution in [2.24, 2.45) is 7.05 Å². The lowest BCUT2D eigenvalue weighted by molar-refractivity contribution is -0.170. The molecule has 0 saturated heterocycles. The van der Waals surface area contributed by atoms with Gasteiger partial charge in [-0.3, -0.25) is 4.79 Å². The third-order valence-electron chi connectivity index (χ3n) is 2.57. The molecular weight excluding hydrogens is 269 g/mol. The van der Waals surface area contributed by atoms with Crippen molar-refractivity contribution in [2.45, 2.75) is 12.6 Å². The van der Waals surface area contributed by atoms with Gasteiger partial charge in [0.25, 0.3) is 0 Å². The van der Waals surface area contributed by atoms with E-state index in [4.69, 9.17) is 11.6 Å². The summed E-state index contributed by atoms with van der Waals surface area (Å²) in [5, 5.41) is 0.458. The first-order valence-corrected chi connectivity index (χ1v) is 5.37. The maximum Gasteiger partial charge on any atom is 0.450 e. The molecule has 18 heavy (non-hydrogen) atoms. The summed E-state index contributed by atoms with van der Waals surface area (Å²) in [5.74, 6) is -1.75. The molecule has 0 spiro atoms. The molecule has 0 fully saturated rings. The number of hydrogen-bond donors (Lipinski definition) is 0. The molecule has 2 aromatic rings. The second kappa shape index (κ2) is 4.28. The summed E-state index contributed by atoms with van der Waals surface area (Å²) in [5.41, 5.74) is 1.10. The van der Waals surface area contributed by atoms with E-state index >= 15 is 0 Å². The molecule has 0 unspecified atom stereocenters. The van der Waals surface area contributed by atoms with E-state index in [1.165, 1.54) is 4.57 Å². The standard InChI is InChI=1S/C11H8ClF3N2O/c1-17-8-4-6(12)2-3-7(8)16-10(17)5-9(18)11(13,14)15/h2-4H,5H2,1H3.